The fourth-order valence-corrected chi connectivity index (χ4v) is 4.16. The van der Waals surface area contributed by atoms with Gasteiger partial charge in [-0.3, -0.25) is 9.79 Å². The molecule has 2 N–H and O–H groups in total. The van der Waals surface area contributed by atoms with E-state index in [-0.39, 0.29) is 11.8 Å². The van der Waals surface area contributed by atoms with Gasteiger partial charge in [0, 0.05) is 33.2 Å². The van der Waals surface area contributed by atoms with E-state index >= 15 is 0 Å². The third-order valence-corrected chi connectivity index (χ3v) is 5.91. The first-order valence-corrected chi connectivity index (χ1v) is 11.0. The van der Waals surface area contributed by atoms with E-state index in [1.165, 1.54) is 5.56 Å². The molecule has 2 heterocycles. The first-order valence-electron chi connectivity index (χ1n) is 10.1. The van der Waals surface area contributed by atoms with Crippen LogP contribution in [0, 0.1) is 0 Å². The van der Waals surface area contributed by atoms with Gasteiger partial charge >= 0.3 is 0 Å². The topological polar surface area (TPSA) is 66.0 Å². The second kappa shape index (κ2) is 11.0. The summed E-state index contributed by atoms with van der Waals surface area (Å²) in [5, 5.41) is 11.0. The lowest BCUT2D eigenvalue weighted by Crippen LogP contribution is -2.47. The number of nitrogens with one attached hydrogen (secondary N) is 2. The summed E-state index contributed by atoms with van der Waals surface area (Å²) in [6.07, 6.45) is 0. The Hall–Kier alpha value is -2.38. The average molecular weight is 415 g/mol. The molecule has 7 heteroatoms. The monoisotopic (exact) mass is 414 g/mol. The van der Waals surface area contributed by atoms with Crippen molar-refractivity contribution < 1.29 is 9.53 Å². The van der Waals surface area contributed by atoms with Gasteiger partial charge < -0.3 is 20.3 Å². The quantitative estimate of drug-likeness (QED) is 0.540. The molecule has 2 unspecified atom stereocenters. The molecule has 29 heavy (non-hydrogen) atoms. The maximum absolute atomic E-state index is 13.2. The number of rotatable bonds is 7. The molecule has 0 saturated carbocycles. The maximum atomic E-state index is 13.2. The standard InChI is InChI=1S/C22H30N4O2S/c1-17(19-8-13-29-16-19)14-24-22(23-2)25-15-20(18-6-4-3-5-7-18)21(27)26-9-11-28-12-10-26/h3-8,13,16-17,20H,9-12,14-15H2,1-2H3,(H2,23,24,25). The van der Waals surface area contributed by atoms with Crippen molar-refractivity contribution >= 4 is 23.2 Å². The van der Waals surface area contributed by atoms with Crippen LogP contribution < -0.4 is 10.6 Å². The van der Waals surface area contributed by atoms with Crippen LogP contribution in [0.2, 0.25) is 0 Å². The number of ether oxygens (including phenoxy) is 1. The van der Waals surface area contributed by atoms with Crippen molar-refractivity contribution in [2.45, 2.75) is 18.8 Å². The molecule has 156 valence electrons. The zero-order chi connectivity index (χ0) is 20.5. The fourth-order valence-electron chi connectivity index (χ4n) is 3.38. The number of guanidine groups is 1. The highest BCUT2D eigenvalue weighted by Gasteiger charge is 2.27. The highest BCUT2D eigenvalue weighted by molar-refractivity contribution is 7.07. The number of thiophene rings is 1. The summed E-state index contributed by atoms with van der Waals surface area (Å²) in [5.41, 5.74) is 2.33. The molecule has 1 aliphatic heterocycles. The van der Waals surface area contributed by atoms with Crippen molar-refractivity contribution in [2.75, 3.05) is 46.4 Å². The van der Waals surface area contributed by atoms with E-state index < -0.39 is 0 Å². The molecule has 1 aromatic heterocycles. The van der Waals surface area contributed by atoms with Crippen molar-refractivity contribution in [2.24, 2.45) is 4.99 Å². The van der Waals surface area contributed by atoms with Gasteiger partial charge in [-0.1, -0.05) is 37.3 Å². The maximum Gasteiger partial charge on any atom is 0.232 e. The summed E-state index contributed by atoms with van der Waals surface area (Å²) >= 11 is 1.71. The molecule has 1 aliphatic rings. The largest absolute Gasteiger partial charge is 0.378 e. The Morgan fingerprint density at radius 3 is 2.52 bits per heavy atom. The number of carbonyl (C=O) groups excluding carboxylic acids is 1. The summed E-state index contributed by atoms with van der Waals surface area (Å²) in [6, 6.07) is 12.1. The van der Waals surface area contributed by atoms with Crippen molar-refractivity contribution in [3.05, 3.63) is 58.3 Å². The van der Waals surface area contributed by atoms with Crippen molar-refractivity contribution in [3.63, 3.8) is 0 Å². The van der Waals surface area contributed by atoms with Gasteiger partial charge in [0.25, 0.3) is 0 Å². The van der Waals surface area contributed by atoms with E-state index in [0.717, 1.165) is 12.1 Å². The van der Waals surface area contributed by atoms with Gasteiger partial charge in [-0.2, -0.15) is 11.3 Å². The number of hydrogen-bond donors (Lipinski definition) is 2. The summed E-state index contributed by atoms with van der Waals surface area (Å²) in [5.74, 6) is 0.971. The number of morpholine rings is 1. The average Bonchev–Trinajstić information content (AvgIpc) is 3.32. The van der Waals surface area contributed by atoms with Crippen LogP contribution >= 0.6 is 11.3 Å². The number of benzene rings is 1. The van der Waals surface area contributed by atoms with Crippen molar-refractivity contribution in [1.29, 1.82) is 0 Å². The van der Waals surface area contributed by atoms with Crippen LogP contribution in [0.5, 0.6) is 0 Å². The molecule has 2 aromatic rings. The van der Waals surface area contributed by atoms with Crippen LogP contribution in [0.4, 0.5) is 0 Å². The number of amides is 1. The van der Waals surface area contributed by atoms with Gasteiger partial charge in [0.1, 0.15) is 0 Å². The van der Waals surface area contributed by atoms with Gasteiger partial charge in [0.05, 0.1) is 19.1 Å². The van der Waals surface area contributed by atoms with E-state index in [9.17, 15) is 4.79 Å². The van der Waals surface area contributed by atoms with Gasteiger partial charge in [0.2, 0.25) is 5.91 Å². The van der Waals surface area contributed by atoms with E-state index in [1.54, 1.807) is 18.4 Å². The van der Waals surface area contributed by atoms with Gasteiger partial charge in [-0.25, -0.2) is 0 Å². The van der Waals surface area contributed by atoms with Gasteiger partial charge in [0.15, 0.2) is 5.96 Å². The summed E-state index contributed by atoms with van der Waals surface area (Å²) in [6.45, 7) is 5.96. The molecular weight excluding hydrogens is 384 g/mol. The minimum absolute atomic E-state index is 0.133. The molecule has 1 amide bonds. The zero-order valence-electron chi connectivity index (χ0n) is 17.1. The van der Waals surface area contributed by atoms with Crippen LogP contribution in [-0.4, -0.2) is 63.2 Å². The molecule has 3 rings (SSSR count). The summed E-state index contributed by atoms with van der Waals surface area (Å²) in [4.78, 5) is 19.4. The zero-order valence-corrected chi connectivity index (χ0v) is 18.0. The van der Waals surface area contributed by atoms with Crippen LogP contribution in [-0.2, 0) is 9.53 Å². The van der Waals surface area contributed by atoms with E-state index in [4.69, 9.17) is 4.74 Å². The van der Waals surface area contributed by atoms with Crippen LogP contribution in [0.25, 0.3) is 0 Å². The Balaban J connectivity index is 1.61. The number of nitrogens with zero attached hydrogens (tertiary/aromatic N) is 2. The summed E-state index contributed by atoms with van der Waals surface area (Å²) < 4.78 is 5.40. The number of carbonyl (C=O) groups is 1. The van der Waals surface area contributed by atoms with E-state index in [0.29, 0.717) is 44.7 Å². The molecule has 0 bridgehead atoms. The Morgan fingerprint density at radius 1 is 1.14 bits per heavy atom. The molecule has 2 atom stereocenters. The first-order chi connectivity index (χ1) is 14.2. The lowest BCUT2D eigenvalue weighted by atomic mass is 9.97. The van der Waals surface area contributed by atoms with E-state index in [1.807, 2.05) is 35.2 Å². The highest BCUT2D eigenvalue weighted by atomic mass is 32.1. The second-order valence-electron chi connectivity index (χ2n) is 7.19. The SMILES string of the molecule is CN=C(NCC(C)c1ccsc1)NCC(C(=O)N1CCOCC1)c1ccccc1. The van der Waals surface area contributed by atoms with Gasteiger partial charge in [-0.05, 0) is 33.9 Å². The molecular formula is C22H30N4O2S. The Morgan fingerprint density at radius 2 is 1.86 bits per heavy atom. The number of aliphatic imine (C=N–C) groups is 1. The minimum Gasteiger partial charge on any atom is -0.378 e. The molecule has 0 radical (unpaired) electrons. The minimum atomic E-state index is -0.262. The van der Waals surface area contributed by atoms with E-state index in [2.05, 4.69) is 39.4 Å². The molecule has 0 aliphatic carbocycles. The third-order valence-electron chi connectivity index (χ3n) is 5.21. The van der Waals surface area contributed by atoms with Crippen LogP contribution in [0.15, 0.2) is 52.2 Å². The fraction of sp³-hybridized carbons (Fsp3) is 0.455. The highest BCUT2D eigenvalue weighted by Crippen LogP contribution is 2.19. The normalized spacial score (nSPS) is 16.9. The Bertz CT molecular complexity index is 773. The first kappa shape index (κ1) is 21.3. The molecule has 1 saturated heterocycles. The Kier molecular flexibility index (Phi) is 8.07. The molecule has 1 fully saturated rings. The predicted molar refractivity (Wildman–Crippen MR) is 119 cm³/mol. The lowest BCUT2D eigenvalue weighted by Gasteiger charge is -2.31. The van der Waals surface area contributed by atoms with Crippen molar-refractivity contribution in [3.8, 4) is 0 Å². The smallest absolute Gasteiger partial charge is 0.232 e. The molecule has 1 aromatic carbocycles. The van der Waals surface area contributed by atoms with Crippen molar-refractivity contribution in [1.82, 2.24) is 15.5 Å². The Labute approximate surface area is 177 Å². The van der Waals surface area contributed by atoms with Gasteiger partial charge in [-0.15, -0.1) is 0 Å². The summed E-state index contributed by atoms with van der Waals surface area (Å²) in [7, 11) is 1.76. The van der Waals surface area contributed by atoms with Crippen LogP contribution in [0.3, 0.4) is 0 Å². The second-order valence-corrected chi connectivity index (χ2v) is 7.97. The van der Waals surface area contributed by atoms with Crippen LogP contribution in [0.1, 0.15) is 29.9 Å². The number of hydrogen-bond acceptors (Lipinski definition) is 4. The lowest BCUT2D eigenvalue weighted by molar-refractivity contribution is -0.136. The molecule has 0 spiro atoms. The third kappa shape index (κ3) is 6.05. The molecule has 6 nitrogen and oxygen atoms in total. The predicted octanol–water partition coefficient (Wildman–Crippen LogP) is 2.66.